The molecular formula is C14H12BrN3O2S3. The number of fused-ring (bicyclic) bond motifs is 3. The first-order valence-corrected chi connectivity index (χ1v) is 10.9. The number of hydrogen-bond donors (Lipinski definition) is 1. The summed E-state index contributed by atoms with van der Waals surface area (Å²) >= 11 is 6.12. The van der Waals surface area contributed by atoms with Gasteiger partial charge >= 0.3 is 0 Å². The Morgan fingerprint density at radius 2 is 2.04 bits per heavy atom. The largest absolute Gasteiger partial charge is 0.272 e. The van der Waals surface area contributed by atoms with Crippen molar-refractivity contribution in [2.75, 3.05) is 4.72 Å². The molecule has 0 aromatic carbocycles. The van der Waals surface area contributed by atoms with Crippen molar-refractivity contribution in [2.24, 2.45) is 0 Å². The molecule has 0 unspecified atom stereocenters. The summed E-state index contributed by atoms with van der Waals surface area (Å²) < 4.78 is 28.9. The van der Waals surface area contributed by atoms with E-state index in [1.165, 1.54) is 21.8 Å². The number of rotatable bonds is 3. The Morgan fingerprint density at radius 1 is 1.22 bits per heavy atom. The minimum absolute atomic E-state index is 0.265. The molecule has 3 aromatic heterocycles. The highest BCUT2D eigenvalue weighted by molar-refractivity contribution is 9.11. The van der Waals surface area contributed by atoms with E-state index in [0.717, 1.165) is 33.3 Å². The fourth-order valence-electron chi connectivity index (χ4n) is 2.80. The van der Waals surface area contributed by atoms with Gasteiger partial charge < -0.3 is 0 Å². The van der Waals surface area contributed by atoms with Gasteiger partial charge in [0.2, 0.25) is 0 Å². The number of aryl methyl sites for hydroxylation is 3. The summed E-state index contributed by atoms with van der Waals surface area (Å²) in [6, 6.07) is 3.31. The maximum Gasteiger partial charge on any atom is 0.272 e. The molecule has 120 valence electrons. The number of thiophene rings is 2. The average molecular weight is 430 g/mol. The van der Waals surface area contributed by atoms with Gasteiger partial charge in [-0.3, -0.25) is 4.72 Å². The molecule has 0 spiro atoms. The molecule has 4 rings (SSSR count). The van der Waals surface area contributed by atoms with Crippen molar-refractivity contribution in [1.82, 2.24) is 9.97 Å². The van der Waals surface area contributed by atoms with E-state index in [1.807, 2.05) is 0 Å². The molecule has 1 N–H and O–H groups in total. The monoisotopic (exact) mass is 429 g/mol. The van der Waals surface area contributed by atoms with Gasteiger partial charge in [-0.25, -0.2) is 18.4 Å². The third-order valence-corrected chi connectivity index (χ3v) is 8.36. The van der Waals surface area contributed by atoms with E-state index in [2.05, 4.69) is 30.6 Å². The number of anilines is 1. The first kappa shape index (κ1) is 15.5. The Kier molecular flexibility index (Phi) is 3.71. The first-order chi connectivity index (χ1) is 10.9. The standard InChI is InChI=1S/C14H12BrN3O2S3/c1-7-16-13(18-23(19,20)11-6-5-10(15)22-11)12-8-3-2-4-9(8)21-14(12)17-7/h5-6H,2-4H2,1H3,(H,16,17,18). The molecule has 0 fully saturated rings. The summed E-state index contributed by atoms with van der Waals surface area (Å²) in [5, 5.41) is 0.868. The summed E-state index contributed by atoms with van der Waals surface area (Å²) in [7, 11) is -3.64. The van der Waals surface area contributed by atoms with Crippen LogP contribution in [0.5, 0.6) is 0 Å². The Morgan fingerprint density at radius 3 is 2.78 bits per heavy atom. The number of halogens is 1. The van der Waals surface area contributed by atoms with Crippen molar-refractivity contribution in [3.05, 3.63) is 32.2 Å². The van der Waals surface area contributed by atoms with E-state index in [1.54, 1.807) is 30.4 Å². The van der Waals surface area contributed by atoms with Crippen molar-refractivity contribution in [2.45, 2.75) is 30.4 Å². The zero-order chi connectivity index (χ0) is 16.2. The van der Waals surface area contributed by atoms with Crippen molar-refractivity contribution in [3.8, 4) is 0 Å². The Bertz CT molecular complexity index is 1020. The summed E-state index contributed by atoms with van der Waals surface area (Å²) in [6.45, 7) is 1.78. The van der Waals surface area contributed by atoms with Crippen LogP contribution in [-0.2, 0) is 22.9 Å². The second-order valence-corrected chi connectivity index (χ2v) is 10.8. The Labute approximate surface area is 150 Å². The van der Waals surface area contributed by atoms with E-state index >= 15 is 0 Å². The van der Waals surface area contributed by atoms with Gasteiger partial charge in [-0.05, 0) is 59.8 Å². The zero-order valence-corrected chi connectivity index (χ0v) is 16.1. The normalized spacial score (nSPS) is 14.3. The first-order valence-electron chi connectivity index (χ1n) is 7.01. The number of nitrogens with zero attached hydrogens (tertiary/aromatic N) is 2. The molecule has 23 heavy (non-hydrogen) atoms. The highest BCUT2D eigenvalue weighted by atomic mass is 79.9. The lowest BCUT2D eigenvalue weighted by molar-refractivity contribution is 0.603. The smallest absolute Gasteiger partial charge is 0.262 e. The molecule has 5 nitrogen and oxygen atoms in total. The third-order valence-electron chi connectivity index (χ3n) is 3.72. The molecule has 1 aliphatic rings. The fourth-order valence-corrected chi connectivity index (χ4v) is 7.13. The van der Waals surface area contributed by atoms with Gasteiger partial charge in [-0.1, -0.05) is 0 Å². The summed E-state index contributed by atoms with van der Waals surface area (Å²) in [5.74, 6) is 0.971. The summed E-state index contributed by atoms with van der Waals surface area (Å²) in [4.78, 5) is 11.0. The number of hydrogen-bond acceptors (Lipinski definition) is 6. The van der Waals surface area contributed by atoms with Crippen LogP contribution in [0.15, 0.2) is 20.1 Å². The second kappa shape index (κ2) is 5.51. The van der Waals surface area contributed by atoms with Crippen molar-refractivity contribution in [3.63, 3.8) is 0 Å². The van der Waals surface area contributed by atoms with Crippen LogP contribution in [0.2, 0.25) is 0 Å². The third kappa shape index (κ3) is 2.69. The average Bonchev–Trinajstić information content (AvgIpc) is 3.12. The molecule has 0 bridgehead atoms. The van der Waals surface area contributed by atoms with E-state index in [4.69, 9.17) is 0 Å². The number of aromatic nitrogens is 2. The lowest BCUT2D eigenvalue weighted by atomic mass is 10.2. The zero-order valence-electron chi connectivity index (χ0n) is 12.1. The molecule has 0 saturated heterocycles. The van der Waals surface area contributed by atoms with Gasteiger partial charge in [-0.15, -0.1) is 22.7 Å². The molecule has 9 heteroatoms. The Balaban J connectivity index is 1.86. The molecule has 0 aliphatic heterocycles. The molecule has 1 aliphatic carbocycles. The highest BCUT2D eigenvalue weighted by Crippen LogP contribution is 2.40. The van der Waals surface area contributed by atoms with Gasteiger partial charge in [0.25, 0.3) is 10.0 Å². The van der Waals surface area contributed by atoms with Crippen molar-refractivity contribution in [1.29, 1.82) is 0 Å². The number of sulfonamides is 1. The molecule has 3 heterocycles. The van der Waals surface area contributed by atoms with Gasteiger partial charge in [0.05, 0.1) is 9.17 Å². The summed E-state index contributed by atoms with van der Waals surface area (Å²) in [5.41, 5.74) is 1.20. The van der Waals surface area contributed by atoms with Crippen LogP contribution in [0, 0.1) is 6.92 Å². The van der Waals surface area contributed by atoms with Crippen molar-refractivity contribution >= 4 is 64.7 Å². The predicted octanol–water partition coefficient (Wildman–Crippen LogP) is 4.11. The maximum atomic E-state index is 12.6. The molecule has 0 radical (unpaired) electrons. The topological polar surface area (TPSA) is 72.0 Å². The highest BCUT2D eigenvalue weighted by Gasteiger charge is 2.25. The number of nitrogens with one attached hydrogen (secondary N) is 1. The summed E-state index contributed by atoms with van der Waals surface area (Å²) in [6.07, 6.45) is 3.11. The molecule has 0 atom stereocenters. The van der Waals surface area contributed by atoms with Gasteiger partial charge in [0.15, 0.2) is 5.82 Å². The minimum Gasteiger partial charge on any atom is -0.262 e. The molecule has 0 saturated carbocycles. The molecule has 3 aromatic rings. The van der Waals surface area contributed by atoms with Gasteiger partial charge in [0.1, 0.15) is 14.9 Å². The minimum atomic E-state index is -3.64. The van der Waals surface area contributed by atoms with E-state index < -0.39 is 10.0 Å². The van der Waals surface area contributed by atoms with Gasteiger partial charge in [0, 0.05) is 4.88 Å². The van der Waals surface area contributed by atoms with Crippen LogP contribution in [0.4, 0.5) is 5.82 Å². The SMILES string of the molecule is Cc1nc(NS(=O)(=O)c2ccc(Br)s2)c2c3c(sc2n1)CCC3. The Hall–Kier alpha value is -1.03. The van der Waals surface area contributed by atoms with Crippen LogP contribution in [0.1, 0.15) is 22.7 Å². The second-order valence-electron chi connectivity index (χ2n) is 5.32. The van der Waals surface area contributed by atoms with E-state index in [9.17, 15) is 8.42 Å². The van der Waals surface area contributed by atoms with Crippen LogP contribution < -0.4 is 4.72 Å². The van der Waals surface area contributed by atoms with Crippen LogP contribution >= 0.6 is 38.6 Å². The van der Waals surface area contributed by atoms with Gasteiger partial charge in [-0.2, -0.15) is 0 Å². The molecule has 0 amide bonds. The van der Waals surface area contributed by atoms with E-state index in [-0.39, 0.29) is 4.21 Å². The van der Waals surface area contributed by atoms with Crippen molar-refractivity contribution < 1.29 is 8.42 Å². The maximum absolute atomic E-state index is 12.6. The predicted molar refractivity (Wildman–Crippen MR) is 97.0 cm³/mol. The lowest BCUT2D eigenvalue weighted by Gasteiger charge is -2.08. The van der Waals surface area contributed by atoms with Crippen LogP contribution in [0.25, 0.3) is 10.2 Å². The lowest BCUT2D eigenvalue weighted by Crippen LogP contribution is -2.13. The van der Waals surface area contributed by atoms with Crippen LogP contribution in [0.3, 0.4) is 0 Å². The fraction of sp³-hybridized carbons (Fsp3) is 0.286. The van der Waals surface area contributed by atoms with Crippen LogP contribution in [-0.4, -0.2) is 18.4 Å². The molecular weight excluding hydrogens is 418 g/mol. The quantitative estimate of drug-likeness (QED) is 0.679. The van der Waals surface area contributed by atoms with E-state index in [0.29, 0.717) is 11.6 Å².